The minimum atomic E-state index is 0.176. The van der Waals surface area contributed by atoms with Crippen LogP contribution in [0, 0.1) is 0 Å². The van der Waals surface area contributed by atoms with Gasteiger partial charge in [0, 0.05) is 11.6 Å². The molecule has 0 bridgehead atoms. The second kappa shape index (κ2) is 8.04. The lowest BCUT2D eigenvalue weighted by Crippen LogP contribution is -2.23. The number of methoxy groups -OCH3 is 1. The number of nitrogens with one attached hydrogen (secondary N) is 1. The Bertz CT molecular complexity index is 568. The van der Waals surface area contributed by atoms with Gasteiger partial charge in [-0.1, -0.05) is 42.3 Å². The van der Waals surface area contributed by atoms with Crippen LogP contribution in [0.4, 0.5) is 0 Å². The molecule has 0 radical (unpaired) electrons. The molecule has 5 heteroatoms. The molecule has 114 valence electrons. The highest BCUT2D eigenvalue weighted by Gasteiger charge is 2.17. The summed E-state index contributed by atoms with van der Waals surface area (Å²) in [7, 11) is 1.67. The first kappa shape index (κ1) is 16.6. The summed E-state index contributed by atoms with van der Waals surface area (Å²) < 4.78 is 6.69. The molecule has 2 rings (SSSR count). The normalized spacial score (nSPS) is 12.4. The maximum Gasteiger partial charge on any atom is 0.118 e. The fraction of sp³-hybridized carbons (Fsp3) is 0.375. The molecule has 1 atom stereocenters. The fourth-order valence-electron chi connectivity index (χ4n) is 2.20. The SMILES string of the molecule is CCCNC(Cc1ccc(OC)cc1)c1cc(Cl)sc1Cl. The van der Waals surface area contributed by atoms with Gasteiger partial charge in [0.25, 0.3) is 0 Å². The Labute approximate surface area is 140 Å². The molecule has 0 amide bonds. The smallest absolute Gasteiger partial charge is 0.118 e. The quantitative estimate of drug-likeness (QED) is 0.731. The Morgan fingerprint density at radius 2 is 1.95 bits per heavy atom. The van der Waals surface area contributed by atoms with Crippen molar-refractivity contribution in [2.75, 3.05) is 13.7 Å². The van der Waals surface area contributed by atoms with Crippen LogP contribution in [0.3, 0.4) is 0 Å². The van der Waals surface area contributed by atoms with Gasteiger partial charge in [0.2, 0.25) is 0 Å². The molecule has 1 aromatic heterocycles. The van der Waals surface area contributed by atoms with Gasteiger partial charge in [-0.3, -0.25) is 0 Å². The van der Waals surface area contributed by atoms with Crippen LogP contribution in [-0.2, 0) is 6.42 Å². The number of thiophene rings is 1. The van der Waals surface area contributed by atoms with Crippen molar-refractivity contribution in [2.45, 2.75) is 25.8 Å². The first-order valence-corrected chi connectivity index (χ1v) is 8.52. The molecule has 0 spiro atoms. The summed E-state index contributed by atoms with van der Waals surface area (Å²) in [6.07, 6.45) is 1.95. The van der Waals surface area contributed by atoms with E-state index < -0.39 is 0 Å². The van der Waals surface area contributed by atoms with E-state index in [-0.39, 0.29) is 6.04 Å². The third kappa shape index (κ3) is 4.62. The summed E-state index contributed by atoms with van der Waals surface area (Å²) >= 11 is 13.8. The predicted molar refractivity (Wildman–Crippen MR) is 92.1 cm³/mol. The summed E-state index contributed by atoms with van der Waals surface area (Å²) in [6, 6.07) is 10.3. The number of ether oxygens (including phenoxy) is 1. The van der Waals surface area contributed by atoms with Crippen molar-refractivity contribution in [1.29, 1.82) is 0 Å². The van der Waals surface area contributed by atoms with E-state index in [2.05, 4.69) is 24.4 Å². The van der Waals surface area contributed by atoms with Crippen molar-refractivity contribution < 1.29 is 4.74 Å². The molecule has 1 heterocycles. The van der Waals surface area contributed by atoms with Crippen molar-refractivity contribution in [3.05, 3.63) is 50.1 Å². The van der Waals surface area contributed by atoms with E-state index in [0.717, 1.165) is 39.4 Å². The van der Waals surface area contributed by atoms with Crippen LogP contribution in [0.2, 0.25) is 8.67 Å². The highest BCUT2D eigenvalue weighted by atomic mass is 35.5. The molecule has 0 aliphatic heterocycles. The standard InChI is InChI=1S/C16H19Cl2NOS/c1-3-8-19-14(13-10-15(17)21-16(13)18)9-11-4-6-12(20-2)7-5-11/h4-7,10,14,19H,3,8-9H2,1-2H3. The summed E-state index contributed by atoms with van der Waals surface area (Å²) in [4.78, 5) is 0. The van der Waals surface area contributed by atoms with Crippen LogP contribution in [0.1, 0.15) is 30.5 Å². The minimum Gasteiger partial charge on any atom is -0.497 e. The number of rotatable bonds is 7. The van der Waals surface area contributed by atoms with E-state index in [1.807, 2.05) is 18.2 Å². The molecule has 0 saturated heterocycles. The minimum absolute atomic E-state index is 0.176. The van der Waals surface area contributed by atoms with Gasteiger partial charge in [-0.2, -0.15) is 0 Å². The van der Waals surface area contributed by atoms with Crippen molar-refractivity contribution in [2.24, 2.45) is 0 Å². The van der Waals surface area contributed by atoms with Gasteiger partial charge >= 0.3 is 0 Å². The predicted octanol–water partition coefficient (Wildman–Crippen LogP) is 5.35. The Hall–Kier alpha value is -0.740. The first-order valence-electron chi connectivity index (χ1n) is 6.95. The second-order valence-electron chi connectivity index (χ2n) is 4.84. The zero-order chi connectivity index (χ0) is 15.2. The fourth-order valence-corrected chi connectivity index (χ4v) is 3.78. The van der Waals surface area contributed by atoms with Crippen molar-refractivity contribution in [1.82, 2.24) is 5.32 Å². The first-order chi connectivity index (χ1) is 10.1. The largest absolute Gasteiger partial charge is 0.497 e. The Morgan fingerprint density at radius 3 is 2.48 bits per heavy atom. The van der Waals surface area contributed by atoms with Crippen LogP contribution in [0.15, 0.2) is 30.3 Å². The van der Waals surface area contributed by atoms with Crippen LogP contribution >= 0.6 is 34.5 Å². The summed E-state index contributed by atoms with van der Waals surface area (Å²) in [5.74, 6) is 0.869. The Morgan fingerprint density at radius 1 is 1.24 bits per heavy atom. The number of hydrogen-bond acceptors (Lipinski definition) is 3. The van der Waals surface area contributed by atoms with E-state index in [1.165, 1.54) is 16.9 Å². The number of hydrogen-bond donors (Lipinski definition) is 1. The lowest BCUT2D eigenvalue weighted by Gasteiger charge is -2.18. The molecule has 0 aliphatic rings. The van der Waals surface area contributed by atoms with Crippen LogP contribution in [-0.4, -0.2) is 13.7 Å². The van der Waals surface area contributed by atoms with E-state index in [1.54, 1.807) is 7.11 Å². The summed E-state index contributed by atoms with van der Waals surface area (Å²) in [5, 5.41) is 3.55. The Balaban J connectivity index is 2.17. The van der Waals surface area contributed by atoms with Crippen LogP contribution in [0.5, 0.6) is 5.75 Å². The molecule has 1 N–H and O–H groups in total. The van der Waals surface area contributed by atoms with Gasteiger partial charge in [0.05, 0.1) is 15.8 Å². The molecule has 0 fully saturated rings. The second-order valence-corrected chi connectivity index (χ2v) is 7.12. The van der Waals surface area contributed by atoms with Crippen molar-refractivity contribution >= 4 is 34.5 Å². The zero-order valence-corrected chi connectivity index (χ0v) is 14.5. The molecule has 2 nitrogen and oxygen atoms in total. The Kier molecular flexibility index (Phi) is 6.37. The zero-order valence-electron chi connectivity index (χ0n) is 12.2. The van der Waals surface area contributed by atoms with Gasteiger partial charge in [0.1, 0.15) is 5.75 Å². The van der Waals surface area contributed by atoms with Crippen molar-refractivity contribution in [3.8, 4) is 5.75 Å². The molecule has 1 unspecified atom stereocenters. The van der Waals surface area contributed by atoms with Gasteiger partial charge in [-0.15, -0.1) is 11.3 Å². The lowest BCUT2D eigenvalue weighted by atomic mass is 10.0. The van der Waals surface area contributed by atoms with Gasteiger partial charge in [-0.05, 0) is 43.1 Å². The third-order valence-electron chi connectivity index (χ3n) is 3.30. The van der Waals surface area contributed by atoms with Gasteiger partial charge < -0.3 is 10.1 Å². The number of halogens is 2. The van der Waals surface area contributed by atoms with Crippen LogP contribution < -0.4 is 10.1 Å². The van der Waals surface area contributed by atoms with E-state index in [9.17, 15) is 0 Å². The third-order valence-corrected chi connectivity index (χ3v) is 4.82. The van der Waals surface area contributed by atoms with E-state index >= 15 is 0 Å². The average molecular weight is 344 g/mol. The van der Waals surface area contributed by atoms with Gasteiger partial charge in [-0.25, -0.2) is 0 Å². The molecule has 1 aromatic carbocycles. The van der Waals surface area contributed by atoms with Crippen LogP contribution in [0.25, 0.3) is 0 Å². The maximum atomic E-state index is 6.31. The molecule has 0 saturated carbocycles. The highest BCUT2D eigenvalue weighted by Crippen LogP contribution is 2.36. The summed E-state index contributed by atoms with van der Waals surface area (Å²) in [5.41, 5.74) is 2.32. The maximum absolute atomic E-state index is 6.31. The molecular weight excluding hydrogens is 325 g/mol. The number of benzene rings is 1. The molecule has 2 aromatic rings. The lowest BCUT2D eigenvalue weighted by molar-refractivity contribution is 0.414. The van der Waals surface area contributed by atoms with Gasteiger partial charge in [0.15, 0.2) is 0 Å². The summed E-state index contributed by atoms with van der Waals surface area (Å²) in [6.45, 7) is 3.10. The van der Waals surface area contributed by atoms with E-state index in [0.29, 0.717) is 0 Å². The highest BCUT2D eigenvalue weighted by molar-refractivity contribution is 7.20. The van der Waals surface area contributed by atoms with E-state index in [4.69, 9.17) is 27.9 Å². The average Bonchev–Trinajstić information content (AvgIpc) is 2.83. The molecule has 21 heavy (non-hydrogen) atoms. The molecule has 0 aliphatic carbocycles. The molecular formula is C16H19Cl2NOS. The monoisotopic (exact) mass is 343 g/mol. The van der Waals surface area contributed by atoms with Crippen molar-refractivity contribution in [3.63, 3.8) is 0 Å². The topological polar surface area (TPSA) is 21.3 Å².